The number of fused-ring (bicyclic) bond motifs is 4. The van der Waals surface area contributed by atoms with Gasteiger partial charge in [0, 0.05) is 29.1 Å². The summed E-state index contributed by atoms with van der Waals surface area (Å²) in [5.41, 5.74) is 5.81. The lowest BCUT2D eigenvalue weighted by molar-refractivity contribution is 0.442. The van der Waals surface area contributed by atoms with Crippen LogP contribution in [-0.4, -0.2) is 29.1 Å². The molecule has 0 aliphatic carbocycles. The average molecular weight is 599 g/mol. The molecular formula is C36H34N6OS. The molecule has 8 heteroatoms. The third-order valence-corrected chi connectivity index (χ3v) is 8.30. The fourth-order valence-electron chi connectivity index (χ4n) is 5.60. The summed E-state index contributed by atoms with van der Waals surface area (Å²) in [6, 6.07) is 28.6. The molecule has 0 amide bonds. The van der Waals surface area contributed by atoms with Crippen LogP contribution in [0.5, 0.6) is 11.8 Å². The summed E-state index contributed by atoms with van der Waals surface area (Å²) >= 11 is 5.73. The number of H-pyrrole nitrogens is 1. The lowest BCUT2D eigenvalue weighted by Crippen LogP contribution is -2.13. The smallest absolute Gasteiger partial charge is 0.223 e. The largest absolute Gasteiger partial charge is 0.421 e. The summed E-state index contributed by atoms with van der Waals surface area (Å²) in [4.78, 5) is 18.1. The van der Waals surface area contributed by atoms with Crippen LogP contribution in [0.2, 0.25) is 0 Å². The van der Waals surface area contributed by atoms with Crippen LogP contribution in [0.1, 0.15) is 52.7 Å². The summed E-state index contributed by atoms with van der Waals surface area (Å²) in [7, 11) is 0. The zero-order valence-electron chi connectivity index (χ0n) is 25.7. The van der Waals surface area contributed by atoms with Crippen LogP contribution < -0.4 is 4.74 Å². The summed E-state index contributed by atoms with van der Waals surface area (Å²) in [5, 5.41) is 2.13. The van der Waals surface area contributed by atoms with Gasteiger partial charge in [-0.05, 0) is 76.6 Å². The number of rotatable bonds is 4. The number of imidazole rings is 1. The van der Waals surface area contributed by atoms with Gasteiger partial charge in [0.25, 0.3) is 0 Å². The van der Waals surface area contributed by atoms with Gasteiger partial charge in [-0.3, -0.25) is 9.13 Å². The molecule has 1 N–H and O–H groups in total. The van der Waals surface area contributed by atoms with Gasteiger partial charge in [-0.1, -0.05) is 71.9 Å². The predicted molar refractivity (Wildman–Crippen MR) is 180 cm³/mol. The molecule has 44 heavy (non-hydrogen) atoms. The van der Waals surface area contributed by atoms with Crippen LogP contribution in [0.3, 0.4) is 0 Å². The average Bonchev–Trinajstić information content (AvgIpc) is 3.49. The van der Waals surface area contributed by atoms with E-state index in [9.17, 15) is 0 Å². The minimum Gasteiger partial charge on any atom is -0.421 e. The second-order valence-electron chi connectivity index (χ2n) is 13.2. The van der Waals surface area contributed by atoms with Gasteiger partial charge in [0.1, 0.15) is 11.6 Å². The van der Waals surface area contributed by atoms with Crippen molar-refractivity contribution in [3.8, 4) is 23.4 Å². The fourth-order valence-corrected chi connectivity index (χ4v) is 5.90. The molecule has 7 aromatic rings. The summed E-state index contributed by atoms with van der Waals surface area (Å²) < 4.78 is 11.1. The molecule has 2 aromatic carbocycles. The second-order valence-corrected chi connectivity index (χ2v) is 13.6. The number of nitrogens with one attached hydrogen (secondary N) is 1. The molecule has 5 heterocycles. The van der Waals surface area contributed by atoms with Crippen molar-refractivity contribution in [3.63, 3.8) is 0 Å². The van der Waals surface area contributed by atoms with Gasteiger partial charge in [-0.2, -0.15) is 9.97 Å². The van der Waals surface area contributed by atoms with Crippen LogP contribution in [0.4, 0.5) is 0 Å². The molecular weight excluding hydrogens is 565 g/mol. The third-order valence-electron chi connectivity index (χ3n) is 8.02. The maximum Gasteiger partial charge on any atom is 0.223 e. The van der Waals surface area contributed by atoms with E-state index in [2.05, 4.69) is 93.6 Å². The zero-order valence-corrected chi connectivity index (χ0v) is 26.5. The number of aromatic amines is 1. The Morgan fingerprint density at radius 3 is 2.14 bits per heavy atom. The number of hydrogen-bond acceptors (Lipinski definition) is 5. The zero-order chi connectivity index (χ0) is 30.8. The SMILES string of the molecule is CC(C)(C)c1cc(Oc2ccc3c4ccccc4n(-c4cc(C(C)(C)C)ccn4)c3n2)nc(-n2c(=S)[nH]c3ccccc32)c1. The first-order chi connectivity index (χ1) is 21.0. The Labute approximate surface area is 261 Å². The quantitative estimate of drug-likeness (QED) is 0.204. The van der Waals surface area contributed by atoms with E-state index in [1.165, 1.54) is 5.56 Å². The first-order valence-electron chi connectivity index (χ1n) is 14.7. The maximum absolute atomic E-state index is 6.46. The Balaban J connectivity index is 1.39. The summed E-state index contributed by atoms with van der Waals surface area (Å²) in [5.74, 6) is 2.40. The van der Waals surface area contributed by atoms with Crippen molar-refractivity contribution in [2.75, 3.05) is 0 Å². The Hall–Kier alpha value is -4.82. The van der Waals surface area contributed by atoms with Gasteiger partial charge in [0.15, 0.2) is 10.4 Å². The number of para-hydroxylation sites is 3. The second kappa shape index (κ2) is 10.1. The van der Waals surface area contributed by atoms with Gasteiger partial charge >= 0.3 is 0 Å². The lowest BCUT2D eigenvalue weighted by atomic mass is 9.87. The molecule has 0 aliphatic rings. The standard InChI is InChI=1S/C36H34N6OS/c1-35(2,3)22-17-18-37-29(19-22)41-27-13-9-7-11-24(27)25-15-16-31(40-33(25)41)43-32-21-23(36(4,5)6)20-30(39-32)42-28-14-10-8-12-26(28)38-34(42)44/h7-21H,1-6H3,(H,38,44). The Morgan fingerprint density at radius 1 is 0.659 bits per heavy atom. The molecule has 0 radical (unpaired) electrons. The van der Waals surface area contributed by atoms with Crippen molar-refractivity contribution < 1.29 is 4.74 Å². The topological polar surface area (TPSA) is 73.5 Å². The lowest BCUT2D eigenvalue weighted by Gasteiger charge is -2.21. The van der Waals surface area contributed by atoms with E-state index in [-0.39, 0.29) is 10.8 Å². The predicted octanol–water partition coefficient (Wildman–Crippen LogP) is 9.36. The van der Waals surface area contributed by atoms with E-state index in [4.69, 9.17) is 31.9 Å². The fraction of sp³-hybridized carbons (Fsp3) is 0.222. The number of aromatic nitrogens is 6. The van der Waals surface area contributed by atoms with E-state index in [1.54, 1.807) is 0 Å². The molecule has 0 saturated heterocycles. The molecule has 0 spiro atoms. The Kier molecular flexibility index (Phi) is 6.44. The summed E-state index contributed by atoms with van der Waals surface area (Å²) in [6.45, 7) is 13.1. The minimum atomic E-state index is -0.155. The molecule has 220 valence electrons. The highest BCUT2D eigenvalue weighted by atomic mass is 32.1. The normalized spacial score (nSPS) is 12.4. The van der Waals surface area contributed by atoms with E-state index < -0.39 is 0 Å². The highest BCUT2D eigenvalue weighted by molar-refractivity contribution is 7.71. The van der Waals surface area contributed by atoms with Crippen molar-refractivity contribution in [2.45, 2.75) is 52.4 Å². The molecule has 0 fully saturated rings. The van der Waals surface area contributed by atoms with Gasteiger partial charge in [0.2, 0.25) is 11.8 Å². The highest BCUT2D eigenvalue weighted by Gasteiger charge is 2.21. The molecule has 0 unspecified atom stereocenters. The molecule has 0 aliphatic heterocycles. The van der Waals surface area contributed by atoms with Crippen molar-refractivity contribution in [2.24, 2.45) is 0 Å². The van der Waals surface area contributed by atoms with E-state index in [0.29, 0.717) is 22.3 Å². The number of ether oxygens (including phenoxy) is 1. The van der Waals surface area contributed by atoms with Crippen LogP contribution in [-0.2, 0) is 10.8 Å². The van der Waals surface area contributed by atoms with Crippen molar-refractivity contribution in [1.29, 1.82) is 0 Å². The van der Waals surface area contributed by atoms with E-state index in [1.807, 2.05) is 53.2 Å². The molecule has 0 atom stereocenters. The van der Waals surface area contributed by atoms with Crippen molar-refractivity contribution in [3.05, 3.63) is 107 Å². The number of nitrogens with zero attached hydrogens (tertiary/aromatic N) is 5. The van der Waals surface area contributed by atoms with Crippen molar-refractivity contribution in [1.82, 2.24) is 29.1 Å². The maximum atomic E-state index is 6.46. The first-order valence-corrected chi connectivity index (χ1v) is 15.2. The number of benzene rings is 2. The van der Waals surface area contributed by atoms with E-state index >= 15 is 0 Å². The first kappa shape index (κ1) is 28.0. The van der Waals surface area contributed by atoms with Gasteiger partial charge < -0.3 is 9.72 Å². The van der Waals surface area contributed by atoms with Crippen LogP contribution in [0.25, 0.3) is 44.6 Å². The molecule has 7 nitrogen and oxygen atoms in total. The minimum absolute atomic E-state index is 0.0205. The van der Waals surface area contributed by atoms with Gasteiger partial charge in [0.05, 0.1) is 16.6 Å². The van der Waals surface area contributed by atoms with Gasteiger partial charge in [-0.15, -0.1) is 0 Å². The Bertz CT molecular complexity index is 2260. The van der Waals surface area contributed by atoms with Crippen LogP contribution >= 0.6 is 12.2 Å². The van der Waals surface area contributed by atoms with Crippen molar-refractivity contribution >= 4 is 45.2 Å². The number of pyridine rings is 3. The molecule has 0 saturated carbocycles. The molecule has 0 bridgehead atoms. The van der Waals surface area contributed by atoms with E-state index in [0.717, 1.165) is 44.4 Å². The Morgan fingerprint density at radius 2 is 1.36 bits per heavy atom. The van der Waals surface area contributed by atoms with Crippen LogP contribution in [0.15, 0.2) is 91.1 Å². The number of hydrogen-bond donors (Lipinski definition) is 1. The molecule has 7 rings (SSSR count). The third kappa shape index (κ3) is 4.85. The summed E-state index contributed by atoms with van der Waals surface area (Å²) in [6.07, 6.45) is 1.87. The van der Waals surface area contributed by atoms with Crippen LogP contribution in [0, 0.1) is 4.77 Å². The van der Waals surface area contributed by atoms with Gasteiger partial charge in [-0.25, -0.2) is 4.98 Å². The molecule has 5 aromatic heterocycles. The highest BCUT2D eigenvalue weighted by Crippen LogP contribution is 2.35. The monoisotopic (exact) mass is 598 g/mol.